The molecule has 0 fully saturated rings. The number of rotatable bonds is 1. The van der Waals surface area contributed by atoms with Crippen molar-refractivity contribution < 1.29 is 0 Å². The van der Waals surface area contributed by atoms with Gasteiger partial charge < -0.3 is 0 Å². The largest absolute Gasteiger partial charge is 0.332 e. The maximum atomic E-state index is 11.4. The van der Waals surface area contributed by atoms with E-state index >= 15 is 0 Å². The minimum atomic E-state index is -0.427. The van der Waals surface area contributed by atoms with Crippen LogP contribution in [0, 0.1) is 3.57 Å². The fraction of sp³-hybridized carbons (Fsp3) is 0. The molecule has 2 rings (SSSR count). The number of hydrogen-bond acceptors (Lipinski definition) is 2. The van der Waals surface area contributed by atoms with Crippen LogP contribution in [-0.2, 0) is 0 Å². The van der Waals surface area contributed by atoms with Gasteiger partial charge >= 0.3 is 5.69 Å². The first-order chi connectivity index (χ1) is 7.16. The van der Waals surface area contributed by atoms with Crippen LogP contribution in [0.4, 0.5) is 0 Å². The normalized spacial score (nSPS) is 10.2. The molecule has 0 saturated heterocycles. The molecule has 2 aromatic rings. The lowest BCUT2D eigenvalue weighted by Crippen LogP contribution is -2.27. The summed E-state index contributed by atoms with van der Waals surface area (Å²) in [5, 5.41) is 0. The molecule has 0 aliphatic rings. The van der Waals surface area contributed by atoms with Crippen LogP contribution in [0.3, 0.4) is 0 Å². The molecular formula is C10H7IN2O2. The highest BCUT2D eigenvalue weighted by Gasteiger charge is 1.98. The van der Waals surface area contributed by atoms with Crippen LogP contribution in [0.5, 0.6) is 0 Å². The molecule has 0 aliphatic carbocycles. The van der Waals surface area contributed by atoms with Gasteiger partial charge in [-0.3, -0.25) is 14.3 Å². The van der Waals surface area contributed by atoms with E-state index in [1.54, 1.807) is 0 Å². The van der Waals surface area contributed by atoms with Gasteiger partial charge in [0.2, 0.25) is 0 Å². The maximum absolute atomic E-state index is 11.4. The summed E-state index contributed by atoms with van der Waals surface area (Å²) in [6.45, 7) is 0. The summed E-state index contributed by atoms with van der Waals surface area (Å²) >= 11 is 2.18. The lowest BCUT2D eigenvalue weighted by Gasteiger charge is -2.03. The summed E-state index contributed by atoms with van der Waals surface area (Å²) in [7, 11) is 0. The van der Waals surface area contributed by atoms with Crippen molar-refractivity contribution >= 4 is 22.6 Å². The Labute approximate surface area is 98.7 Å². The van der Waals surface area contributed by atoms with Crippen molar-refractivity contribution in [3.05, 3.63) is 60.9 Å². The lowest BCUT2D eigenvalue weighted by atomic mass is 10.3. The Morgan fingerprint density at radius 1 is 1.07 bits per heavy atom. The highest BCUT2D eigenvalue weighted by Crippen LogP contribution is 2.08. The van der Waals surface area contributed by atoms with Crippen LogP contribution >= 0.6 is 22.6 Å². The number of aromatic amines is 1. The van der Waals surface area contributed by atoms with E-state index in [0.29, 0.717) is 0 Å². The van der Waals surface area contributed by atoms with Gasteiger partial charge in [0.05, 0.1) is 5.69 Å². The van der Waals surface area contributed by atoms with Crippen molar-refractivity contribution in [3.8, 4) is 5.69 Å². The van der Waals surface area contributed by atoms with Gasteiger partial charge in [-0.25, -0.2) is 4.79 Å². The predicted molar refractivity (Wildman–Crippen MR) is 65.4 cm³/mol. The Morgan fingerprint density at radius 2 is 1.73 bits per heavy atom. The van der Waals surface area contributed by atoms with Crippen molar-refractivity contribution in [3.63, 3.8) is 0 Å². The first-order valence-electron chi connectivity index (χ1n) is 4.25. The Hall–Kier alpha value is -1.37. The lowest BCUT2D eigenvalue weighted by molar-refractivity contribution is 0.896. The molecule has 0 amide bonds. The first-order valence-corrected chi connectivity index (χ1v) is 5.32. The van der Waals surface area contributed by atoms with Crippen LogP contribution in [0.2, 0.25) is 0 Å². The molecule has 0 radical (unpaired) electrons. The van der Waals surface area contributed by atoms with Gasteiger partial charge in [-0.2, -0.15) is 0 Å². The third-order valence-corrected chi connectivity index (χ3v) is 2.65. The highest BCUT2D eigenvalue weighted by atomic mass is 127. The average Bonchev–Trinajstić information content (AvgIpc) is 2.20. The molecule has 1 N–H and O–H groups in total. The Morgan fingerprint density at radius 3 is 2.33 bits per heavy atom. The van der Waals surface area contributed by atoms with E-state index < -0.39 is 5.69 Å². The van der Waals surface area contributed by atoms with E-state index in [-0.39, 0.29) is 5.56 Å². The molecule has 5 heteroatoms. The zero-order valence-corrected chi connectivity index (χ0v) is 9.76. The molecule has 0 bridgehead atoms. The summed E-state index contributed by atoms with van der Waals surface area (Å²) < 4.78 is 2.48. The summed E-state index contributed by atoms with van der Waals surface area (Å²) in [5.41, 5.74) is -0.0814. The molecule has 0 saturated carbocycles. The molecule has 15 heavy (non-hydrogen) atoms. The maximum Gasteiger partial charge on any atom is 0.332 e. The monoisotopic (exact) mass is 314 g/mol. The SMILES string of the molecule is O=c1ccn(-c2ccc(I)cc2)c(=O)[nH]1. The second-order valence-corrected chi connectivity index (χ2v) is 4.20. The topological polar surface area (TPSA) is 54.9 Å². The van der Waals surface area contributed by atoms with E-state index in [2.05, 4.69) is 27.6 Å². The Bertz CT molecular complexity index is 583. The van der Waals surface area contributed by atoms with Gasteiger partial charge in [0, 0.05) is 15.8 Å². The van der Waals surface area contributed by atoms with Crippen LogP contribution in [0.1, 0.15) is 0 Å². The van der Waals surface area contributed by atoms with Crippen LogP contribution in [0.25, 0.3) is 5.69 Å². The first kappa shape index (κ1) is 10.2. The van der Waals surface area contributed by atoms with Gasteiger partial charge in [-0.05, 0) is 46.9 Å². The molecule has 0 spiro atoms. The number of nitrogens with one attached hydrogen (secondary N) is 1. The molecule has 76 valence electrons. The van der Waals surface area contributed by atoms with Gasteiger partial charge in [0.1, 0.15) is 0 Å². The van der Waals surface area contributed by atoms with Crippen LogP contribution in [0.15, 0.2) is 46.1 Å². The van der Waals surface area contributed by atoms with Crippen molar-refractivity contribution in [2.45, 2.75) is 0 Å². The van der Waals surface area contributed by atoms with Gasteiger partial charge in [0.15, 0.2) is 0 Å². The number of aromatic nitrogens is 2. The predicted octanol–water partition coefficient (Wildman–Crippen LogP) is 1.13. The van der Waals surface area contributed by atoms with Gasteiger partial charge in [0.25, 0.3) is 5.56 Å². The molecule has 4 nitrogen and oxygen atoms in total. The number of hydrogen-bond donors (Lipinski definition) is 1. The smallest absolute Gasteiger partial charge is 0.274 e. The molecular weight excluding hydrogens is 307 g/mol. The number of benzene rings is 1. The second kappa shape index (κ2) is 4.01. The van der Waals surface area contributed by atoms with E-state index in [9.17, 15) is 9.59 Å². The molecule has 0 atom stereocenters. The van der Waals surface area contributed by atoms with Gasteiger partial charge in [-0.15, -0.1) is 0 Å². The molecule has 1 aromatic carbocycles. The van der Waals surface area contributed by atoms with Crippen molar-refractivity contribution in [2.24, 2.45) is 0 Å². The van der Waals surface area contributed by atoms with E-state index in [1.165, 1.54) is 16.8 Å². The Kier molecular flexibility index (Phi) is 2.72. The Balaban J connectivity index is 2.59. The van der Waals surface area contributed by atoms with Crippen LogP contribution in [-0.4, -0.2) is 9.55 Å². The minimum absolute atomic E-state index is 0.387. The summed E-state index contributed by atoms with van der Waals surface area (Å²) in [4.78, 5) is 24.5. The third-order valence-electron chi connectivity index (χ3n) is 1.93. The summed E-state index contributed by atoms with van der Waals surface area (Å²) in [6, 6.07) is 8.75. The minimum Gasteiger partial charge on any atom is -0.274 e. The number of nitrogens with zero attached hydrogens (tertiary/aromatic N) is 1. The van der Waals surface area contributed by atoms with Crippen LogP contribution < -0.4 is 11.2 Å². The van der Waals surface area contributed by atoms with Crippen molar-refractivity contribution in [1.82, 2.24) is 9.55 Å². The van der Waals surface area contributed by atoms with Gasteiger partial charge in [-0.1, -0.05) is 0 Å². The molecule has 0 unspecified atom stereocenters. The van der Waals surface area contributed by atoms with Crippen molar-refractivity contribution in [2.75, 3.05) is 0 Å². The third kappa shape index (κ3) is 2.17. The fourth-order valence-corrected chi connectivity index (χ4v) is 1.58. The zero-order valence-electron chi connectivity index (χ0n) is 7.61. The average molecular weight is 314 g/mol. The summed E-state index contributed by atoms with van der Waals surface area (Å²) in [6.07, 6.45) is 1.46. The number of H-pyrrole nitrogens is 1. The van der Waals surface area contributed by atoms with Crippen molar-refractivity contribution in [1.29, 1.82) is 0 Å². The molecule has 1 heterocycles. The number of halogens is 1. The zero-order chi connectivity index (χ0) is 10.8. The van der Waals surface area contributed by atoms with E-state index in [0.717, 1.165) is 9.26 Å². The fourth-order valence-electron chi connectivity index (χ4n) is 1.22. The summed E-state index contributed by atoms with van der Waals surface area (Å²) in [5.74, 6) is 0. The standard InChI is InChI=1S/C10H7IN2O2/c11-7-1-3-8(4-2-7)13-6-5-9(14)12-10(13)15/h1-6H,(H,12,14,15). The quantitative estimate of drug-likeness (QED) is 0.802. The highest BCUT2D eigenvalue weighted by molar-refractivity contribution is 14.1. The van der Waals surface area contributed by atoms with E-state index in [4.69, 9.17) is 0 Å². The molecule has 0 aliphatic heterocycles. The second-order valence-electron chi connectivity index (χ2n) is 2.96. The van der Waals surface area contributed by atoms with E-state index in [1.807, 2.05) is 24.3 Å². The molecule has 1 aromatic heterocycles.